The molecule has 2 rings (SSSR count). The average Bonchev–Trinajstić information content (AvgIpc) is 2.31. The largest absolute Gasteiger partial charge is 0.328 e. The van der Waals surface area contributed by atoms with E-state index in [0.717, 1.165) is 35.7 Å². The van der Waals surface area contributed by atoms with Crippen LogP contribution in [0, 0.1) is 6.92 Å². The SMILES string of the molecule is Cc1cc(Br)cc(S(=O)(=O)NC2CCC(N)CC2)c1. The van der Waals surface area contributed by atoms with Crippen molar-refractivity contribution in [3.63, 3.8) is 0 Å². The Morgan fingerprint density at radius 2 is 1.84 bits per heavy atom. The molecule has 19 heavy (non-hydrogen) atoms. The van der Waals surface area contributed by atoms with E-state index in [1.807, 2.05) is 13.0 Å². The van der Waals surface area contributed by atoms with Crippen LogP contribution in [0.5, 0.6) is 0 Å². The summed E-state index contributed by atoms with van der Waals surface area (Å²) in [7, 11) is -3.44. The first-order chi connectivity index (χ1) is 8.87. The normalized spacial score (nSPS) is 24.4. The van der Waals surface area contributed by atoms with Gasteiger partial charge in [0.1, 0.15) is 0 Å². The number of nitrogens with two attached hydrogens (primary N) is 1. The van der Waals surface area contributed by atoms with Crippen molar-refractivity contribution in [2.45, 2.75) is 49.6 Å². The Morgan fingerprint density at radius 1 is 1.21 bits per heavy atom. The molecule has 0 bridgehead atoms. The molecule has 4 nitrogen and oxygen atoms in total. The van der Waals surface area contributed by atoms with Crippen LogP contribution >= 0.6 is 15.9 Å². The summed E-state index contributed by atoms with van der Waals surface area (Å²) < 4.78 is 28.2. The molecule has 0 spiro atoms. The lowest BCUT2D eigenvalue weighted by molar-refractivity contribution is 0.373. The Hall–Kier alpha value is -0.430. The number of aryl methyl sites for hydroxylation is 1. The van der Waals surface area contributed by atoms with Crippen molar-refractivity contribution in [3.8, 4) is 0 Å². The van der Waals surface area contributed by atoms with Crippen molar-refractivity contribution < 1.29 is 8.42 Å². The number of hydrogen-bond donors (Lipinski definition) is 2. The van der Waals surface area contributed by atoms with Gasteiger partial charge in [0.05, 0.1) is 4.90 Å². The van der Waals surface area contributed by atoms with E-state index in [0.29, 0.717) is 4.90 Å². The highest BCUT2D eigenvalue weighted by Gasteiger charge is 2.24. The Morgan fingerprint density at radius 3 is 2.42 bits per heavy atom. The molecule has 1 aromatic carbocycles. The fourth-order valence-electron chi connectivity index (χ4n) is 2.38. The van der Waals surface area contributed by atoms with Crippen molar-refractivity contribution in [3.05, 3.63) is 28.2 Å². The van der Waals surface area contributed by atoms with Crippen LogP contribution < -0.4 is 10.5 Å². The van der Waals surface area contributed by atoms with E-state index in [4.69, 9.17) is 5.73 Å². The maximum Gasteiger partial charge on any atom is 0.240 e. The molecule has 1 aliphatic carbocycles. The summed E-state index contributed by atoms with van der Waals surface area (Å²) in [4.78, 5) is 0.314. The highest BCUT2D eigenvalue weighted by Crippen LogP contribution is 2.22. The number of hydrogen-bond acceptors (Lipinski definition) is 3. The third-order valence-electron chi connectivity index (χ3n) is 3.42. The molecule has 1 saturated carbocycles. The monoisotopic (exact) mass is 346 g/mol. The fourth-order valence-corrected chi connectivity index (χ4v) is 4.58. The molecule has 1 aliphatic rings. The third-order valence-corrected chi connectivity index (χ3v) is 5.38. The van der Waals surface area contributed by atoms with Gasteiger partial charge >= 0.3 is 0 Å². The predicted molar refractivity (Wildman–Crippen MR) is 79.4 cm³/mol. The average molecular weight is 347 g/mol. The van der Waals surface area contributed by atoms with Crippen LogP contribution in [0.1, 0.15) is 31.2 Å². The molecule has 3 N–H and O–H groups in total. The van der Waals surface area contributed by atoms with Gasteiger partial charge in [-0.1, -0.05) is 15.9 Å². The summed E-state index contributed by atoms with van der Waals surface area (Å²) in [5, 5.41) is 0. The number of nitrogens with one attached hydrogen (secondary N) is 1. The van der Waals surface area contributed by atoms with Gasteiger partial charge in [0.2, 0.25) is 10.0 Å². The Labute approximate surface area is 122 Å². The van der Waals surface area contributed by atoms with Gasteiger partial charge in [-0.2, -0.15) is 0 Å². The summed E-state index contributed by atoms with van der Waals surface area (Å²) in [6.07, 6.45) is 3.39. The second kappa shape index (κ2) is 5.91. The van der Waals surface area contributed by atoms with Crippen molar-refractivity contribution in [1.29, 1.82) is 0 Å². The van der Waals surface area contributed by atoms with E-state index in [9.17, 15) is 8.42 Å². The molecule has 6 heteroatoms. The number of halogens is 1. The summed E-state index contributed by atoms with van der Waals surface area (Å²) in [5.74, 6) is 0. The van der Waals surface area contributed by atoms with E-state index in [1.54, 1.807) is 12.1 Å². The quantitative estimate of drug-likeness (QED) is 0.881. The van der Waals surface area contributed by atoms with Crippen LogP contribution in [0.2, 0.25) is 0 Å². The lowest BCUT2D eigenvalue weighted by atomic mass is 9.93. The van der Waals surface area contributed by atoms with Gasteiger partial charge in [0, 0.05) is 16.6 Å². The van der Waals surface area contributed by atoms with Crippen molar-refractivity contribution in [2.75, 3.05) is 0 Å². The molecule has 0 aliphatic heterocycles. The van der Waals surface area contributed by atoms with Crippen molar-refractivity contribution >= 4 is 26.0 Å². The minimum atomic E-state index is -3.44. The molecular weight excluding hydrogens is 328 g/mol. The van der Waals surface area contributed by atoms with Crippen LogP contribution in [0.15, 0.2) is 27.6 Å². The van der Waals surface area contributed by atoms with Gasteiger partial charge in [-0.25, -0.2) is 13.1 Å². The van der Waals surface area contributed by atoms with Gasteiger partial charge in [-0.05, 0) is 56.4 Å². The van der Waals surface area contributed by atoms with Gasteiger partial charge < -0.3 is 5.73 Å². The third kappa shape index (κ3) is 4.02. The summed E-state index contributed by atoms with van der Waals surface area (Å²) in [6, 6.07) is 5.42. The molecule has 0 heterocycles. The molecule has 0 radical (unpaired) electrons. The summed E-state index contributed by atoms with van der Waals surface area (Å²) >= 11 is 3.33. The van der Waals surface area contributed by atoms with Gasteiger partial charge in [0.15, 0.2) is 0 Å². The standard InChI is InChI=1S/C13H19BrN2O2S/c1-9-6-10(14)8-13(7-9)19(17,18)16-12-4-2-11(15)3-5-12/h6-8,11-12,16H,2-5,15H2,1H3. The van der Waals surface area contributed by atoms with E-state index in [1.165, 1.54) is 0 Å². The lowest BCUT2D eigenvalue weighted by Crippen LogP contribution is -2.40. The number of benzene rings is 1. The van der Waals surface area contributed by atoms with Crippen LogP contribution in [-0.4, -0.2) is 20.5 Å². The van der Waals surface area contributed by atoms with Crippen LogP contribution in [0.25, 0.3) is 0 Å². The summed E-state index contributed by atoms with van der Waals surface area (Å²) in [6.45, 7) is 1.88. The Bertz CT molecular complexity index is 532. The van der Waals surface area contributed by atoms with Crippen LogP contribution in [0.4, 0.5) is 0 Å². The maximum absolute atomic E-state index is 12.3. The van der Waals surface area contributed by atoms with E-state index in [2.05, 4.69) is 20.7 Å². The molecule has 0 saturated heterocycles. The van der Waals surface area contributed by atoms with E-state index in [-0.39, 0.29) is 12.1 Å². The first kappa shape index (κ1) is 15.0. The minimum Gasteiger partial charge on any atom is -0.328 e. The maximum atomic E-state index is 12.3. The zero-order chi connectivity index (χ0) is 14.0. The Kier molecular flexibility index (Phi) is 4.66. The highest BCUT2D eigenvalue weighted by molar-refractivity contribution is 9.10. The van der Waals surface area contributed by atoms with Crippen LogP contribution in [0.3, 0.4) is 0 Å². The van der Waals surface area contributed by atoms with Gasteiger partial charge in [0.25, 0.3) is 0 Å². The smallest absolute Gasteiger partial charge is 0.240 e. The number of sulfonamides is 1. The van der Waals surface area contributed by atoms with Crippen LogP contribution in [-0.2, 0) is 10.0 Å². The zero-order valence-corrected chi connectivity index (χ0v) is 13.3. The van der Waals surface area contributed by atoms with Gasteiger partial charge in [-0.3, -0.25) is 0 Å². The molecule has 1 fully saturated rings. The topological polar surface area (TPSA) is 72.2 Å². The first-order valence-corrected chi connectivity index (χ1v) is 8.69. The summed E-state index contributed by atoms with van der Waals surface area (Å²) in [5.41, 5.74) is 6.75. The van der Waals surface area contributed by atoms with Crippen molar-refractivity contribution in [1.82, 2.24) is 4.72 Å². The molecule has 0 amide bonds. The van der Waals surface area contributed by atoms with E-state index < -0.39 is 10.0 Å². The van der Waals surface area contributed by atoms with Crippen molar-refractivity contribution in [2.24, 2.45) is 5.73 Å². The lowest BCUT2D eigenvalue weighted by Gasteiger charge is -2.26. The second-order valence-electron chi connectivity index (χ2n) is 5.20. The van der Waals surface area contributed by atoms with E-state index >= 15 is 0 Å². The number of rotatable bonds is 3. The zero-order valence-electron chi connectivity index (χ0n) is 10.9. The van der Waals surface area contributed by atoms with Gasteiger partial charge in [-0.15, -0.1) is 0 Å². The molecular formula is C13H19BrN2O2S. The molecule has 1 aromatic rings. The second-order valence-corrected chi connectivity index (χ2v) is 7.83. The fraction of sp³-hybridized carbons (Fsp3) is 0.538. The predicted octanol–water partition coefficient (Wildman–Crippen LogP) is 2.31. The molecule has 0 unspecified atom stereocenters. The minimum absolute atomic E-state index is 0.00378. The Balaban J connectivity index is 2.14. The highest BCUT2D eigenvalue weighted by atomic mass is 79.9. The molecule has 106 valence electrons. The molecule has 0 atom stereocenters. The molecule has 0 aromatic heterocycles. The first-order valence-electron chi connectivity index (χ1n) is 6.42.